The molecule has 0 aliphatic carbocycles. The molecule has 4 atom stereocenters. The number of carboxylic acid groups (broad SMARTS) is 3. The molecule has 35 heavy (non-hydrogen) atoms. The first-order valence-corrected chi connectivity index (χ1v) is 10.6. The summed E-state index contributed by atoms with van der Waals surface area (Å²) in [6.07, 6.45) is -1.50. The number of carbonyl (C=O) groups excluding carboxylic acids is 4. The number of nitrogens with two attached hydrogens (primary N) is 3. The van der Waals surface area contributed by atoms with Crippen LogP contribution in [0.3, 0.4) is 0 Å². The minimum atomic E-state index is -1.76. The van der Waals surface area contributed by atoms with Gasteiger partial charge in [0.05, 0.1) is 18.9 Å². The molecule has 0 fully saturated rings. The molecule has 0 heterocycles. The summed E-state index contributed by atoms with van der Waals surface area (Å²) in [7, 11) is 0. The van der Waals surface area contributed by atoms with Gasteiger partial charge in [-0.3, -0.25) is 28.8 Å². The first-order chi connectivity index (χ1) is 16.3. The molecular weight excluding hydrogens is 472 g/mol. The molecule has 0 aromatic heterocycles. The molecule has 0 saturated heterocycles. The van der Waals surface area contributed by atoms with Crippen LogP contribution in [0.5, 0.6) is 0 Å². The highest BCUT2D eigenvalue weighted by molar-refractivity contribution is 5.96. The second-order valence-electron chi connectivity index (χ2n) is 7.61. The van der Waals surface area contributed by atoms with Crippen LogP contribution in [-0.2, 0) is 33.6 Å². The van der Waals surface area contributed by atoms with E-state index in [1.165, 1.54) is 0 Å². The molecule has 0 bridgehead atoms. The van der Waals surface area contributed by atoms with Gasteiger partial charge in [-0.25, -0.2) is 4.79 Å². The maximum Gasteiger partial charge on any atom is 0.326 e. The molecule has 0 saturated carbocycles. The number of carbonyl (C=O) groups is 7. The standard InChI is InChI=1S/C19H32N6O10/c20-6-2-1-3-9(21)16(31)24-11(8-15(29)30)18(33)23-10(4-5-14(27)28)17(32)25-12(19(34)35)7-13(22)26/h9-12H,1-8,20-21H2,(H2,22,26)(H,23,33)(H,24,31)(H,25,32)(H,27,28)(H,29,30)(H,34,35). The Kier molecular flexibility index (Phi) is 14.2. The van der Waals surface area contributed by atoms with Gasteiger partial charge in [-0.1, -0.05) is 6.42 Å². The third-order valence-electron chi connectivity index (χ3n) is 4.62. The number of rotatable bonds is 18. The van der Waals surface area contributed by atoms with Gasteiger partial charge in [0, 0.05) is 6.42 Å². The average molecular weight is 504 g/mol. The van der Waals surface area contributed by atoms with E-state index in [4.69, 9.17) is 32.5 Å². The fourth-order valence-corrected chi connectivity index (χ4v) is 2.78. The highest BCUT2D eigenvalue weighted by Crippen LogP contribution is 2.05. The van der Waals surface area contributed by atoms with Crippen LogP contribution in [0.1, 0.15) is 44.9 Å². The number of hydrogen-bond acceptors (Lipinski definition) is 9. The van der Waals surface area contributed by atoms with E-state index in [0.717, 1.165) is 0 Å². The lowest BCUT2D eigenvalue weighted by Gasteiger charge is -2.24. The summed E-state index contributed by atoms with van der Waals surface area (Å²) in [5.74, 6) is -8.61. The second-order valence-corrected chi connectivity index (χ2v) is 7.61. The van der Waals surface area contributed by atoms with Gasteiger partial charge >= 0.3 is 17.9 Å². The van der Waals surface area contributed by atoms with E-state index in [1.54, 1.807) is 0 Å². The van der Waals surface area contributed by atoms with Crippen molar-refractivity contribution in [1.29, 1.82) is 0 Å². The lowest BCUT2D eigenvalue weighted by Crippen LogP contribution is -2.57. The van der Waals surface area contributed by atoms with Crippen molar-refractivity contribution in [1.82, 2.24) is 16.0 Å². The fourth-order valence-electron chi connectivity index (χ4n) is 2.78. The molecule has 16 nitrogen and oxygen atoms in total. The number of hydrogen-bond donors (Lipinski definition) is 9. The fraction of sp³-hybridized carbons (Fsp3) is 0.632. The second kappa shape index (κ2) is 15.9. The zero-order valence-electron chi connectivity index (χ0n) is 18.9. The Bertz CT molecular complexity index is 805. The summed E-state index contributed by atoms with van der Waals surface area (Å²) < 4.78 is 0. The number of nitrogens with one attached hydrogen (secondary N) is 3. The molecule has 0 radical (unpaired) electrons. The summed E-state index contributed by atoms with van der Waals surface area (Å²) in [5, 5.41) is 33.4. The molecule has 0 aliphatic rings. The molecule has 12 N–H and O–H groups in total. The number of aliphatic carboxylic acids is 3. The Hall–Kier alpha value is -3.79. The summed E-state index contributed by atoms with van der Waals surface area (Å²) in [4.78, 5) is 81.9. The number of primary amides is 1. The monoisotopic (exact) mass is 504 g/mol. The largest absolute Gasteiger partial charge is 0.481 e. The van der Waals surface area contributed by atoms with Crippen LogP contribution in [0.15, 0.2) is 0 Å². The van der Waals surface area contributed by atoms with Gasteiger partial charge in [0.1, 0.15) is 18.1 Å². The highest BCUT2D eigenvalue weighted by atomic mass is 16.4. The Morgan fingerprint density at radius 2 is 1.23 bits per heavy atom. The first kappa shape index (κ1) is 31.2. The Balaban J connectivity index is 5.54. The van der Waals surface area contributed by atoms with Crippen LogP contribution >= 0.6 is 0 Å². The van der Waals surface area contributed by atoms with Gasteiger partial charge in [0.25, 0.3) is 0 Å². The average Bonchev–Trinajstić information content (AvgIpc) is 2.74. The SMILES string of the molecule is NCCCCC(N)C(=O)NC(CC(=O)O)C(=O)NC(CCC(=O)O)C(=O)NC(CC(N)=O)C(=O)O. The topological polar surface area (TPSA) is 294 Å². The predicted molar refractivity (Wildman–Crippen MR) is 117 cm³/mol. The Labute approximate surface area is 199 Å². The molecule has 0 rings (SSSR count). The maximum atomic E-state index is 12.7. The van der Waals surface area contributed by atoms with Crippen molar-refractivity contribution in [2.45, 2.75) is 69.1 Å². The van der Waals surface area contributed by atoms with Crippen molar-refractivity contribution < 1.29 is 48.9 Å². The Morgan fingerprint density at radius 3 is 1.71 bits per heavy atom. The van der Waals surface area contributed by atoms with Crippen molar-refractivity contribution in [3.05, 3.63) is 0 Å². The number of amides is 4. The third-order valence-corrected chi connectivity index (χ3v) is 4.62. The quantitative estimate of drug-likeness (QED) is 0.0812. The van der Waals surface area contributed by atoms with Gasteiger partial charge in [-0.15, -0.1) is 0 Å². The molecule has 16 heteroatoms. The molecule has 0 aromatic carbocycles. The summed E-state index contributed by atoms with van der Waals surface area (Å²) in [6.45, 7) is 0.375. The van der Waals surface area contributed by atoms with E-state index >= 15 is 0 Å². The molecule has 198 valence electrons. The van der Waals surface area contributed by atoms with Crippen LogP contribution in [0.2, 0.25) is 0 Å². The van der Waals surface area contributed by atoms with E-state index in [2.05, 4.69) is 10.6 Å². The summed E-state index contributed by atoms with van der Waals surface area (Å²) >= 11 is 0. The molecule has 0 aliphatic heterocycles. The Morgan fingerprint density at radius 1 is 0.686 bits per heavy atom. The van der Waals surface area contributed by atoms with Gasteiger partial charge in [-0.2, -0.15) is 0 Å². The summed E-state index contributed by atoms with van der Waals surface area (Å²) in [5.41, 5.74) is 16.0. The molecule has 4 amide bonds. The van der Waals surface area contributed by atoms with Crippen LogP contribution in [0.25, 0.3) is 0 Å². The minimum Gasteiger partial charge on any atom is -0.481 e. The van der Waals surface area contributed by atoms with Crippen molar-refractivity contribution in [3.8, 4) is 0 Å². The molecular formula is C19H32N6O10. The maximum absolute atomic E-state index is 12.7. The van der Waals surface area contributed by atoms with Crippen LogP contribution in [-0.4, -0.2) is 87.6 Å². The smallest absolute Gasteiger partial charge is 0.326 e. The van der Waals surface area contributed by atoms with E-state index in [-0.39, 0.29) is 6.42 Å². The van der Waals surface area contributed by atoms with Gasteiger partial charge in [0.15, 0.2) is 0 Å². The molecule has 0 spiro atoms. The zero-order chi connectivity index (χ0) is 27.1. The molecule has 0 aromatic rings. The number of carboxylic acids is 3. The van der Waals surface area contributed by atoms with E-state index in [1.807, 2.05) is 5.32 Å². The van der Waals surface area contributed by atoms with Gasteiger partial charge in [-0.05, 0) is 25.8 Å². The lowest BCUT2D eigenvalue weighted by atomic mass is 10.1. The minimum absolute atomic E-state index is 0.213. The van der Waals surface area contributed by atoms with Crippen LogP contribution in [0.4, 0.5) is 0 Å². The van der Waals surface area contributed by atoms with E-state index < -0.39 is 91.4 Å². The number of unbranched alkanes of at least 4 members (excludes halogenated alkanes) is 1. The molecule has 4 unspecified atom stereocenters. The van der Waals surface area contributed by atoms with Crippen LogP contribution < -0.4 is 33.2 Å². The van der Waals surface area contributed by atoms with Crippen LogP contribution in [0, 0.1) is 0 Å². The van der Waals surface area contributed by atoms with Gasteiger partial charge < -0.3 is 48.5 Å². The first-order valence-electron chi connectivity index (χ1n) is 10.6. The normalized spacial score (nSPS) is 14.0. The van der Waals surface area contributed by atoms with Gasteiger partial charge in [0.2, 0.25) is 23.6 Å². The van der Waals surface area contributed by atoms with E-state index in [0.29, 0.717) is 19.4 Å². The van der Waals surface area contributed by atoms with E-state index in [9.17, 15) is 33.6 Å². The van der Waals surface area contributed by atoms with Crippen molar-refractivity contribution in [2.24, 2.45) is 17.2 Å². The van der Waals surface area contributed by atoms with Crippen molar-refractivity contribution >= 4 is 41.5 Å². The van der Waals surface area contributed by atoms with Crippen molar-refractivity contribution in [3.63, 3.8) is 0 Å². The predicted octanol–water partition coefficient (Wildman–Crippen LogP) is -3.80. The lowest BCUT2D eigenvalue weighted by molar-refractivity contribution is -0.144. The zero-order valence-corrected chi connectivity index (χ0v) is 18.9. The third kappa shape index (κ3) is 13.5. The highest BCUT2D eigenvalue weighted by Gasteiger charge is 2.32. The summed E-state index contributed by atoms with van der Waals surface area (Å²) in [6, 6.07) is -6.14. The van der Waals surface area contributed by atoms with Crippen molar-refractivity contribution in [2.75, 3.05) is 6.54 Å².